The number of hydrazine groups is 1. The second kappa shape index (κ2) is 5.03. The van der Waals surface area contributed by atoms with Crippen LogP contribution in [0.1, 0.15) is 5.56 Å². The highest BCUT2D eigenvalue weighted by Crippen LogP contribution is 2.12. The van der Waals surface area contributed by atoms with E-state index >= 15 is 0 Å². The molecule has 3 N–H and O–H groups in total. The number of aromatic nitrogens is 1. The minimum atomic E-state index is -0.497. The first-order valence-corrected chi connectivity index (χ1v) is 5.27. The van der Waals surface area contributed by atoms with E-state index in [0.29, 0.717) is 11.1 Å². The molecule has 2 aromatic rings. The fraction of sp³-hybridized carbons (Fsp3) is 0.273. The molecule has 0 unspecified atom stereocenters. The lowest BCUT2D eigenvalue weighted by Crippen LogP contribution is -2.35. The Labute approximate surface area is 102 Å². The largest absolute Gasteiger partial charge is 0.417 e. The lowest BCUT2D eigenvalue weighted by molar-refractivity contribution is -0.135. The molecule has 0 spiro atoms. The van der Waals surface area contributed by atoms with Crippen LogP contribution in [0.3, 0.4) is 0 Å². The molecule has 1 aromatic carbocycles. The Morgan fingerprint density at radius 1 is 1.56 bits per heavy atom. The molecule has 18 heavy (non-hydrogen) atoms. The van der Waals surface area contributed by atoms with Gasteiger partial charge in [-0.3, -0.25) is 14.8 Å². The number of amides is 1. The predicted molar refractivity (Wildman–Crippen MR) is 63.4 cm³/mol. The zero-order valence-electron chi connectivity index (χ0n) is 9.80. The summed E-state index contributed by atoms with van der Waals surface area (Å²) in [6, 6.07) is 5.18. The van der Waals surface area contributed by atoms with Gasteiger partial charge in [0.05, 0.1) is 12.1 Å². The molecular weight excluding hydrogens is 238 g/mol. The van der Waals surface area contributed by atoms with Crippen LogP contribution in [-0.2, 0) is 16.1 Å². The number of benzene rings is 1. The molecule has 1 aromatic heterocycles. The average molecular weight is 251 g/mol. The number of carbonyl (C=O) groups is 1. The van der Waals surface area contributed by atoms with Gasteiger partial charge in [-0.15, -0.1) is 0 Å². The maximum absolute atomic E-state index is 11.2. The molecule has 0 aliphatic heterocycles. The van der Waals surface area contributed by atoms with Crippen LogP contribution in [0.2, 0.25) is 0 Å². The number of hydrogen-bond donors (Lipinski definition) is 2. The smallest absolute Gasteiger partial charge is 0.408 e. The SMILES string of the molecule is CN(N)C(=O)COCc1ccc2[nH]c(=O)oc2c1. The highest BCUT2D eigenvalue weighted by atomic mass is 16.5. The average Bonchev–Trinajstić information content (AvgIpc) is 2.68. The molecule has 0 aliphatic rings. The third-order valence-corrected chi connectivity index (χ3v) is 2.37. The Bertz CT molecular complexity index is 614. The number of likely N-dealkylation sites (N-methyl/N-ethyl adjacent to an activating group) is 1. The quantitative estimate of drug-likeness (QED) is 0.451. The van der Waals surface area contributed by atoms with E-state index in [-0.39, 0.29) is 19.1 Å². The second-order valence-electron chi connectivity index (χ2n) is 3.84. The number of fused-ring (bicyclic) bond motifs is 1. The molecule has 0 radical (unpaired) electrons. The van der Waals surface area contributed by atoms with Gasteiger partial charge in [-0.1, -0.05) is 6.07 Å². The number of aromatic amines is 1. The third kappa shape index (κ3) is 2.76. The minimum Gasteiger partial charge on any atom is -0.408 e. The van der Waals surface area contributed by atoms with Crippen LogP contribution in [0.25, 0.3) is 11.1 Å². The zero-order chi connectivity index (χ0) is 13.1. The van der Waals surface area contributed by atoms with Crippen LogP contribution in [0.15, 0.2) is 27.4 Å². The maximum atomic E-state index is 11.2. The summed E-state index contributed by atoms with van der Waals surface area (Å²) in [4.78, 5) is 24.7. The van der Waals surface area contributed by atoms with Crippen molar-refractivity contribution in [2.24, 2.45) is 5.84 Å². The molecule has 2 rings (SSSR count). The predicted octanol–water partition coefficient (Wildman–Crippen LogP) is -0.0302. The molecule has 0 atom stereocenters. The number of hydrogen-bond acceptors (Lipinski definition) is 5. The molecule has 7 heteroatoms. The van der Waals surface area contributed by atoms with Crippen molar-refractivity contribution < 1.29 is 13.9 Å². The molecule has 0 bridgehead atoms. The van der Waals surface area contributed by atoms with Gasteiger partial charge in [0, 0.05) is 7.05 Å². The standard InChI is InChI=1S/C11H13N3O4/c1-14(12)10(15)6-17-5-7-2-3-8-9(4-7)18-11(16)13-8/h2-4H,5-6,12H2,1H3,(H,13,16). The monoisotopic (exact) mass is 251 g/mol. The van der Waals surface area contributed by atoms with Gasteiger partial charge in [0.25, 0.3) is 5.91 Å². The first-order chi connectivity index (χ1) is 8.56. The summed E-state index contributed by atoms with van der Waals surface area (Å²) in [6.45, 7) is 0.145. The molecule has 0 aliphatic carbocycles. The molecule has 1 amide bonds. The van der Waals surface area contributed by atoms with E-state index in [1.165, 1.54) is 7.05 Å². The summed E-state index contributed by atoms with van der Waals surface area (Å²) >= 11 is 0. The van der Waals surface area contributed by atoms with Crippen LogP contribution < -0.4 is 11.6 Å². The number of ether oxygens (including phenoxy) is 1. The molecule has 96 valence electrons. The maximum Gasteiger partial charge on any atom is 0.417 e. The van der Waals surface area contributed by atoms with Gasteiger partial charge in [0.15, 0.2) is 5.58 Å². The molecular formula is C11H13N3O4. The summed E-state index contributed by atoms with van der Waals surface area (Å²) in [6.07, 6.45) is 0. The van der Waals surface area contributed by atoms with E-state index < -0.39 is 5.76 Å². The second-order valence-corrected chi connectivity index (χ2v) is 3.84. The van der Waals surface area contributed by atoms with E-state index in [2.05, 4.69) is 4.98 Å². The zero-order valence-corrected chi connectivity index (χ0v) is 9.80. The van der Waals surface area contributed by atoms with E-state index in [1.54, 1.807) is 18.2 Å². The van der Waals surface area contributed by atoms with Crippen LogP contribution in [0.5, 0.6) is 0 Å². The van der Waals surface area contributed by atoms with Gasteiger partial charge in [0.1, 0.15) is 6.61 Å². The Morgan fingerprint density at radius 2 is 2.33 bits per heavy atom. The molecule has 0 fully saturated rings. The third-order valence-electron chi connectivity index (χ3n) is 2.37. The first-order valence-electron chi connectivity index (χ1n) is 5.27. The first kappa shape index (κ1) is 12.3. The van der Waals surface area contributed by atoms with Crippen molar-refractivity contribution in [3.8, 4) is 0 Å². The van der Waals surface area contributed by atoms with Crippen LogP contribution >= 0.6 is 0 Å². The van der Waals surface area contributed by atoms with Crippen molar-refractivity contribution >= 4 is 17.0 Å². The molecule has 7 nitrogen and oxygen atoms in total. The number of oxazole rings is 1. The number of H-pyrrole nitrogens is 1. The van der Waals surface area contributed by atoms with E-state index in [1.807, 2.05) is 0 Å². The summed E-state index contributed by atoms with van der Waals surface area (Å²) in [5, 5.41) is 0.967. The highest BCUT2D eigenvalue weighted by Gasteiger charge is 2.06. The summed E-state index contributed by atoms with van der Waals surface area (Å²) in [5.74, 6) is 4.43. The van der Waals surface area contributed by atoms with Crippen LogP contribution in [-0.4, -0.2) is 29.6 Å². The van der Waals surface area contributed by atoms with Crippen LogP contribution in [0.4, 0.5) is 0 Å². The van der Waals surface area contributed by atoms with Gasteiger partial charge in [0.2, 0.25) is 0 Å². The topological polar surface area (TPSA) is 102 Å². The van der Waals surface area contributed by atoms with Gasteiger partial charge in [-0.25, -0.2) is 10.6 Å². The van der Waals surface area contributed by atoms with Crippen molar-refractivity contribution in [1.82, 2.24) is 9.99 Å². The van der Waals surface area contributed by atoms with Crippen molar-refractivity contribution in [2.45, 2.75) is 6.61 Å². The fourth-order valence-electron chi connectivity index (χ4n) is 1.44. The molecule has 1 heterocycles. The molecule has 0 saturated carbocycles. The summed E-state index contributed by atoms with van der Waals surface area (Å²) in [7, 11) is 1.45. The number of nitrogens with one attached hydrogen (secondary N) is 1. The fourth-order valence-corrected chi connectivity index (χ4v) is 1.44. The number of carbonyl (C=O) groups excluding carboxylic acids is 1. The Hall–Kier alpha value is -2.12. The lowest BCUT2D eigenvalue weighted by Gasteiger charge is -2.09. The van der Waals surface area contributed by atoms with Crippen molar-refractivity contribution in [3.05, 3.63) is 34.3 Å². The minimum absolute atomic E-state index is 0.0951. The van der Waals surface area contributed by atoms with Gasteiger partial charge in [-0.05, 0) is 17.7 Å². The van der Waals surface area contributed by atoms with Crippen molar-refractivity contribution in [2.75, 3.05) is 13.7 Å². The van der Waals surface area contributed by atoms with E-state index in [9.17, 15) is 9.59 Å². The van der Waals surface area contributed by atoms with Crippen molar-refractivity contribution in [1.29, 1.82) is 0 Å². The summed E-state index contributed by atoms with van der Waals surface area (Å²) in [5.41, 5.74) is 1.89. The number of nitrogens with two attached hydrogens (primary N) is 1. The van der Waals surface area contributed by atoms with Gasteiger partial charge in [-0.2, -0.15) is 0 Å². The van der Waals surface area contributed by atoms with Gasteiger partial charge < -0.3 is 9.15 Å². The lowest BCUT2D eigenvalue weighted by atomic mass is 10.2. The van der Waals surface area contributed by atoms with Crippen LogP contribution in [0, 0.1) is 0 Å². The summed E-state index contributed by atoms with van der Waals surface area (Å²) < 4.78 is 10.1. The Balaban J connectivity index is 1.99. The van der Waals surface area contributed by atoms with E-state index in [0.717, 1.165) is 10.6 Å². The van der Waals surface area contributed by atoms with Crippen molar-refractivity contribution in [3.63, 3.8) is 0 Å². The normalized spacial score (nSPS) is 10.8. The highest BCUT2D eigenvalue weighted by molar-refractivity contribution is 5.76. The number of rotatable bonds is 4. The van der Waals surface area contributed by atoms with Gasteiger partial charge >= 0.3 is 5.76 Å². The molecule has 0 saturated heterocycles. The number of nitrogens with zero attached hydrogens (tertiary/aromatic N) is 1. The Kier molecular flexibility index (Phi) is 3.45. The van der Waals surface area contributed by atoms with E-state index in [4.69, 9.17) is 15.0 Å². The Morgan fingerprint density at radius 3 is 3.06 bits per heavy atom.